The number of H-pyrrole nitrogens is 1. The highest BCUT2D eigenvalue weighted by Crippen LogP contribution is 2.27. The number of imidazole rings is 1. The smallest absolute Gasteiger partial charge is 0.252 e. The van der Waals surface area contributed by atoms with Gasteiger partial charge in [0.25, 0.3) is 10.0 Å². The molecule has 0 bridgehead atoms. The molecule has 142 valence electrons. The van der Waals surface area contributed by atoms with Crippen molar-refractivity contribution in [3.8, 4) is 0 Å². The molecule has 0 aliphatic carbocycles. The van der Waals surface area contributed by atoms with E-state index in [4.69, 9.17) is 0 Å². The van der Waals surface area contributed by atoms with Crippen LogP contribution in [-0.2, 0) is 21.2 Å². The van der Waals surface area contributed by atoms with E-state index in [0.29, 0.717) is 28.1 Å². The fourth-order valence-electron chi connectivity index (χ4n) is 3.17. The summed E-state index contributed by atoms with van der Waals surface area (Å²) < 4.78 is 27.2. The van der Waals surface area contributed by atoms with E-state index in [1.807, 2.05) is 24.3 Å². The average Bonchev–Trinajstić information content (AvgIpc) is 3.29. The van der Waals surface area contributed by atoms with Crippen LogP contribution >= 0.6 is 11.3 Å². The standard InChI is InChI=1S/C18H20N4O3S2/c23-16(21-18-19-14-6-2-3-7-15(14)20-18)12-13-8-9-17(26-13)27(24,25)22-10-4-1-5-11-22/h2-3,6-9H,1,4-5,10-12H2,(H2,19,20,21,23). The number of carbonyl (C=O) groups is 1. The van der Waals surface area contributed by atoms with Crippen molar-refractivity contribution in [1.82, 2.24) is 14.3 Å². The molecule has 1 saturated heterocycles. The van der Waals surface area contributed by atoms with Gasteiger partial charge < -0.3 is 4.98 Å². The van der Waals surface area contributed by atoms with Gasteiger partial charge in [0.15, 0.2) is 0 Å². The van der Waals surface area contributed by atoms with Crippen molar-refractivity contribution >= 4 is 44.2 Å². The lowest BCUT2D eigenvalue weighted by molar-refractivity contribution is -0.115. The lowest BCUT2D eigenvalue weighted by Gasteiger charge is -2.25. The van der Waals surface area contributed by atoms with Gasteiger partial charge in [0.05, 0.1) is 17.5 Å². The third kappa shape index (κ3) is 3.90. The molecular weight excluding hydrogens is 384 g/mol. The van der Waals surface area contributed by atoms with E-state index < -0.39 is 10.0 Å². The molecule has 9 heteroatoms. The second kappa shape index (κ2) is 7.41. The van der Waals surface area contributed by atoms with E-state index in [1.54, 1.807) is 16.4 Å². The summed E-state index contributed by atoms with van der Waals surface area (Å²) >= 11 is 1.16. The van der Waals surface area contributed by atoms with Crippen LogP contribution in [-0.4, -0.2) is 41.7 Å². The first-order valence-corrected chi connectivity index (χ1v) is 11.1. The fraction of sp³-hybridized carbons (Fsp3) is 0.333. The summed E-state index contributed by atoms with van der Waals surface area (Å²) in [5.41, 5.74) is 1.62. The molecule has 0 radical (unpaired) electrons. The lowest BCUT2D eigenvalue weighted by Crippen LogP contribution is -2.35. The third-order valence-electron chi connectivity index (χ3n) is 4.53. The van der Waals surface area contributed by atoms with Crippen LogP contribution in [0.5, 0.6) is 0 Å². The number of thiophene rings is 1. The van der Waals surface area contributed by atoms with E-state index in [2.05, 4.69) is 15.3 Å². The molecule has 3 heterocycles. The van der Waals surface area contributed by atoms with Crippen molar-refractivity contribution in [3.05, 3.63) is 41.3 Å². The van der Waals surface area contributed by atoms with Gasteiger partial charge in [0.1, 0.15) is 4.21 Å². The van der Waals surface area contributed by atoms with Gasteiger partial charge >= 0.3 is 0 Å². The van der Waals surface area contributed by atoms with Crippen LogP contribution in [0.3, 0.4) is 0 Å². The molecule has 1 aliphatic heterocycles. The van der Waals surface area contributed by atoms with E-state index in [9.17, 15) is 13.2 Å². The summed E-state index contributed by atoms with van der Waals surface area (Å²) in [7, 11) is -3.45. The number of nitrogens with one attached hydrogen (secondary N) is 2. The van der Waals surface area contributed by atoms with Crippen LogP contribution in [0.1, 0.15) is 24.1 Å². The van der Waals surface area contributed by atoms with E-state index in [-0.39, 0.29) is 12.3 Å². The normalized spacial score (nSPS) is 15.9. The molecule has 1 fully saturated rings. The topological polar surface area (TPSA) is 95.2 Å². The number of rotatable bonds is 5. The van der Waals surface area contributed by atoms with Gasteiger partial charge in [-0.3, -0.25) is 10.1 Å². The Kier molecular flexibility index (Phi) is 4.98. The molecule has 0 saturated carbocycles. The minimum Gasteiger partial charge on any atom is -0.324 e. The van der Waals surface area contributed by atoms with E-state index in [1.165, 1.54) is 0 Å². The number of sulfonamides is 1. The van der Waals surface area contributed by atoms with Crippen LogP contribution in [0.4, 0.5) is 5.95 Å². The zero-order valence-corrected chi connectivity index (χ0v) is 16.3. The number of aromatic nitrogens is 2. The third-order valence-corrected chi connectivity index (χ3v) is 7.98. The molecule has 0 spiro atoms. The van der Waals surface area contributed by atoms with E-state index >= 15 is 0 Å². The summed E-state index contributed by atoms with van der Waals surface area (Å²) in [4.78, 5) is 20.4. The Morgan fingerprint density at radius 2 is 1.93 bits per heavy atom. The second-order valence-electron chi connectivity index (χ2n) is 6.51. The highest BCUT2D eigenvalue weighted by atomic mass is 32.2. The first kappa shape index (κ1) is 18.1. The quantitative estimate of drug-likeness (QED) is 0.683. The monoisotopic (exact) mass is 404 g/mol. The van der Waals surface area contributed by atoms with Gasteiger partial charge in [-0.2, -0.15) is 4.31 Å². The number of carbonyl (C=O) groups excluding carboxylic acids is 1. The summed E-state index contributed by atoms with van der Waals surface area (Å²) in [6.07, 6.45) is 2.98. The minimum atomic E-state index is -3.45. The zero-order valence-electron chi connectivity index (χ0n) is 14.6. The summed E-state index contributed by atoms with van der Waals surface area (Å²) in [6, 6.07) is 10.8. The summed E-state index contributed by atoms with van der Waals surface area (Å²) in [6.45, 7) is 1.14. The van der Waals surface area contributed by atoms with Crippen molar-refractivity contribution in [2.75, 3.05) is 18.4 Å². The van der Waals surface area contributed by atoms with Crippen molar-refractivity contribution < 1.29 is 13.2 Å². The Morgan fingerprint density at radius 3 is 2.70 bits per heavy atom. The summed E-state index contributed by atoms with van der Waals surface area (Å²) in [5, 5.41) is 2.73. The van der Waals surface area contributed by atoms with Crippen LogP contribution in [0.25, 0.3) is 11.0 Å². The number of amides is 1. The molecule has 2 aromatic heterocycles. The average molecular weight is 405 g/mol. The second-order valence-corrected chi connectivity index (χ2v) is 9.85. The fourth-order valence-corrected chi connectivity index (χ4v) is 6.20. The van der Waals surface area contributed by atoms with Crippen molar-refractivity contribution in [3.63, 3.8) is 0 Å². The van der Waals surface area contributed by atoms with Gasteiger partial charge in [0, 0.05) is 18.0 Å². The maximum atomic E-state index is 12.7. The Bertz CT molecular complexity index is 1030. The molecule has 4 rings (SSSR count). The van der Waals surface area contributed by atoms with Gasteiger partial charge in [-0.1, -0.05) is 18.6 Å². The van der Waals surface area contributed by atoms with Crippen molar-refractivity contribution in [2.45, 2.75) is 29.9 Å². The highest BCUT2D eigenvalue weighted by molar-refractivity contribution is 7.91. The molecule has 3 aromatic rings. The molecule has 1 aliphatic rings. The maximum absolute atomic E-state index is 12.7. The molecule has 7 nitrogen and oxygen atoms in total. The van der Waals surface area contributed by atoms with E-state index in [0.717, 1.165) is 41.6 Å². The Morgan fingerprint density at radius 1 is 1.15 bits per heavy atom. The maximum Gasteiger partial charge on any atom is 0.252 e. The largest absolute Gasteiger partial charge is 0.324 e. The zero-order chi connectivity index (χ0) is 18.9. The van der Waals surface area contributed by atoms with Gasteiger partial charge in [-0.25, -0.2) is 13.4 Å². The first-order valence-electron chi connectivity index (χ1n) is 8.86. The predicted molar refractivity (Wildman–Crippen MR) is 105 cm³/mol. The Labute approximate surface area is 161 Å². The van der Waals surface area contributed by atoms with Crippen molar-refractivity contribution in [2.24, 2.45) is 0 Å². The number of aromatic amines is 1. The Hall–Kier alpha value is -2.23. The van der Waals surface area contributed by atoms with Gasteiger partial charge in [0.2, 0.25) is 11.9 Å². The number of fused-ring (bicyclic) bond motifs is 1. The molecular formula is C18H20N4O3S2. The van der Waals surface area contributed by atoms with Crippen LogP contribution in [0.15, 0.2) is 40.6 Å². The number of para-hydroxylation sites is 2. The number of nitrogens with zero attached hydrogens (tertiary/aromatic N) is 2. The predicted octanol–water partition coefficient (Wildman–Crippen LogP) is 2.98. The molecule has 1 aromatic carbocycles. The number of hydrogen-bond donors (Lipinski definition) is 2. The molecule has 0 unspecified atom stereocenters. The number of piperidine rings is 1. The molecule has 27 heavy (non-hydrogen) atoms. The molecule has 1 amide bonds. The van der Waals surface area contributed by atoms with Crippen LogP contribution in [0, 0.1) is 0 Å². The van der Waals surface area contributed by atoms with Gasteiger partial charge in [-0.05, 0) is 37.1 Å². The minimum absolute atomic E-state index is 0.108. The highest BCUT2D eigenvalue weighted by Gasteiger charge is 2.27. The molecule has 2 N–H and O–H groups in total. The number of anilines is 1. The lowest BCUT2D eigenvalue weighted by atomic mass is 10.2. The van der Waals surface area contributed by atoms with Crippen LogP contribution < -0.4 is 5.32 Å². The number of benzene rings is 1. The van der Waals surface area contributed by atoms with Gasteiger partial charge in [-0.15, -0.1) is 11.3 Å². The first-order chi connectivity index (χ1) is 13.0. The van der Waals surface area contributed by atoms with Crippen LogP contribution in [0.2, 0.25) is 0 Å². The molecule has 0 atom stereocenters. The van der Waals surface area contributed by atoms with Crippen molar-refractivity contribution in [1.29, 1.82) is 0 Å². The number of hydrogen-bond acceptors (Lipinski definition) is 5. The summed E-state index contributed by atoms with van der Waals surface area (Å²) in [5.74, 6) is 0.150. The Balaban J connectivity index is 1.43. The SMILES string of the molecule is O=C(Cc1ccc(S(=O)(=O)N2CCCCC2)s1)Nc1nc2ccccc2[nH]1.